The Hall–Kier alpha value is -0.350. The van der Waals surface area contributed by atoms with E-state index in [0.29, 0.717) is 0 Å². The number of hydrogen-bond donors (Lipinski definition) is 1. The van der Waals surface area contributed by atoms with Crippen molar-refractivity contribution in [1.29, 1.82) is 0 Å². The maximum atomic E-state index is 10.5. The highest BCUT2D eigenvalue weighted by Gasteiger charge is 2.44. The molecule has 1 N–H and O–H groups in total. The second-order valence-corrected chi connectivity index (χ2v) is 5.42. The van der Waals surface area contributed by atoms with Crippen LogP contribution in [0.1, 0.15) is 17.2 Å². The summed E-state index contributed by atoms with van der Waals surface area (Å²) in [6.07, 6.45) is 0.808. The smallest absolute Gasteiger partial charge is 0.307 e. The molecule has 1 aromatic heterocycles. The Morgan fingerprint density at radius 2 is 2.42 bits per heavy atom. The molecule has 0 aromatic carbocycles. The molecular formula is C8H7BrO2S. The largest absolute Gasteiger partial charge is 0.481 e. The number of rotatable bonds is 2. The molecule has 0 aliphatic heterocycles. The average Bonchev–Trinajstić information content (AvgIpc) is 2.70. The molecule has 12 heavy (non-hydrogen) atoms. The van der Waals surface area contributed by atoms with Crippen LogP contribution in [0.25, 0.3) is 0 Å². The molecular weight excluding hydrogens is 240 g/mol. The molecule has 1 aromatic rings. The van der Waals surface area contributed by atoms with Gasteiger partial charge < -0.3 is 5.11 Å². The first kappa shape index (κ1) is 8.26. The fraction of sp³-hybridized carbons (Fsp3) is 0.375. The summed E-state index contributed by atoms with van der Waals surface area (Å²) < 4.78 is 1.08. The van der Waals surface area contributed by atoms with Crippen molar-refractivity contribution in [2.75, 3.05) is 0 Å². The van der Waals surface area contributed by atoms with Gasteiger partial charge in [-0.15, -0.1) is 11.3 Å². The zero-order valence-corrected chi connectivity index (χ0v) is 8.56. The molecule has 64 valence electrons. The van der Waals surface area contributed by atoms with E-state index in [9.17, 15) is 4.79 Å². The van der Waals surface area contributed by atoms with Gasteiger partial charge in [0.15, 0.2) is 0 Å². The lowest BCUT2D eigenvalue weighted by molar-refractivity contribution is -0.138. The van der Waals surface area contributed by atoms with Crippen molar-refractivity contribution >= 4 is 33.2 Å². The number of carboxylic acids is 1. The molecule has 0 bridgehead atoms. The molecule has 0 amide bonds. The summed E-state index contributed by atoms with van der Waals surface area (Å²) >= 11 is 4.99. The monoisotopic (exact) mass is 246 g/mol. The summed E-state index contributed by atoms with van der Waals surface area (Å²) in [5.74, 6) is -0.515. The molecule has 1 aliphatic rings. The Balaban J connectivity index is 2.10. The van der Waals surface area contributed by atoms with Crippen LogP contribution < -0.4 is 0 Å². The van der Waals surface area contributed by atoms with E-state index in [0.717, 1.165) is 10.2 Å². The zero-order valence-electron chi connectivity index (χ0n) is 6.16. The highest BCUT2D eigenvalue weighted by atomic mass is 79.9. The van der Waals surface area contributed by atoms with Crippen LogP contribution in [0.5, 0.6) is 0 Å². The van der Waals surface area contributed by atoms with E-state index in [2.05, 4.69) is 15.9 Å². The molecule has 2 atom stereocenters. The number of hydrogen-bond acceptors (Lipinski definition) is 2. The van der Waals surface area contributed by atoms with Crippen LogP contribution in [0.4, 0.5) is 0 Å². The van der Waals surface area contributed by atoms with Crippen molar-refractivity contribution in [3.63, 3.8) is 0 Å². The molecule has 4 heteroatoms. The van der Waals surface area contributed by atoms with E-state index in [1.54, 1.807) is 11.3 Å². The van der Waals surface area contributed by atoms with E-state index >= 15 is 0 Å². The number of carbonyl (C=O) groups is 1. The van der Waals surface area contributed by atoms with Crippen LogP contribution in [0.3, 0.4) is 0 Å². The SMILES string of the molecule is O=C(O)[C@H]1C[C@H]1c1ccc(Br)s1. The van der Waals surface area contributed by atoms with Gasteiger partial charge in [-0.1, -0.05) is 0 Å². The van der Waals surface area contributed by atoms with E-state index in [1.165, 1.54) is 4.88 Å². The highest BCUT2D eigenvalue weighted by Crippen LogP contribution is 2.50. The van der Waals surface area contributed by atoms with Gasteiger partial charge in [0.2, 0.25) is 0 Å². The van der Waals surface area contributed by atoms with Gasteiger partial charge >= 0.3 is 5.97 Å². The van der Waals surface area contributed by atoms with Crippen molar-refractivity contribution in [3.8, 4) is 0 Å². The normalized spacial score (nSPS) is 27.1. The maximum absolute atomic E-state index is 10.5. The lowest BCUT2D eigenvalue weighted by atomic mass is 10.3. The second-order valence-electron chi connectivity index (χ2n) is 2.93. The molecule has 0 spiro atoms. The van der Waals surface area contributed by atoms with Gasteiger partial charge in [-0.25, -0.2) is 0 Å². The second kappa shape index (κ2) is 2.85. The third-order valence-electron chi connectivity index (χ3n) is 2.07. The van der Waals surface area contributed by atoms with E-state index in [1.807, 2.05) is 12.1 Å². The summed E-state index contributed by atoms with van der Waals surface area (Å²) in [6.45, 7) is 0. The van der Waals surface area contributed by atoms with Gasteiger partial charge in [-0.3, -0.25) is 4.79 Å². The van der Waals surface area contributed by atoms with Crippen LogP contribution in [0.15, 0.2) is 15.9 Å². The summed E-state index contributed by atoms with van der Waals surface area (Å²) in [5.41, 5.74) is 0. The molecule has 1 heterocycles. The van der Waals surface area contributed by atoms with E-state index in [4.69, 9.17) is 5.11 Å². The van der Waals surface area contributed by atoms with Gasteiger partial charge in [0.05, 0.1) is 9.70 Å². The fourth-order valence-corrected chi connectivity index (χ4v) is 2.91. The Kier molecular flexibility index (Phi) is 1.96. The van der Waals surface area contributed by atoms with Crippen LogP contribution in [0, 0.1) is 5.92 Å². The van der Waals surface area contributed by atoms with Crippen LogP contribution >= 0.6 is 27.3 Å². The first-order chi connectivity index (χ1) is 5.68. The minimum absolute atomic E-state index is 0.129. The number of halogens is 1. The predicted molar refractivity (Wildman–Crippen MR) is 50.5 cm³/mol. The maximum Gasteiger partial charge on any atom is 0.307 e. The Morgan fingerprint density at radius 3 is 2.83 bits per heavy atom. The third kappa shape index (κ3) is 1.41. The van der Waals surface area contributed by atoms with E-state index in [-0.39, 0.29) is 11.8 Å². The van der Waals surface area contributed by atoms with Gasteiger partial charge in [-0.2, -0.15) is 0 Å². The molecule has 2 nitrogen and oxygen atoms in total. The molecule has 0 saturated heterocycles. The highest BCUT2D eigenvalue weighted by molar-refractivity contribution is 9.11. The summed E-state index contributed by atoms with van der Waals surface area (Å²) in [4.78, 5) is 11.7. The number of thiophene rings is 1. The van der Waals surface area contributed by atoms with Crippen LogP contribution in [-0.2, 0) is 4.79 Å². The average molecular weight is 247 g/mol. The molecule has 0 unspecified atom stereocenters. The van der Waals surface area contributed by atoms with Crippen molar-refractivity contribution in [3.05, 3.63) is 20.8 Å². The Bertz CT molecular complexity index is 321. The molecule has 0 radical (unpaired) electrons. The minimum atomic E-state index is -0.662. The van der Waals surface area contributed by atoms with Gasteiger partial charge in [0, 0.05) is 10.8 Å². The molecule has 1 fully saturated rings. The molecule has 1 aliphatic carbocycles. The van der Waals surface area contributed by atoms with Gasteiger partial charge in [0.1, 0.15) is 0 Å². The molecule has 2 rings (SSSR count). The van der Waals surface area contributed by atoms with Crippen molar-refractivity contribution in [1.82, 2.24) is 0 Å². The lowest BCUT2D eigenvalue weighted by Crippen LogP contribution is -1.97. The van der Waals surface area contributed by atoms with Crippen LogP contribution in [-0.4, -0.2) is 11.1 Å². The van der Waals surface area contributed by atoms with Gasteiger partial charge in [-0.05, 0) is 34.5 Å². The predicted octanol–water partition coefficient (Wildman–Crippen LogP) is 2.70. The summed E-state index contributed by atoms with van der Waals surface area (Å²) in [5, 5.41) is 8.68. The summed E-state index contributed by atoms with van der Waals surface area (Å²) in [7, 11) is 0. The van der Waals surface area contributed by atoms with Crippen molar-refractivity contribution in [2.45, 2.75) is 12.3 Å². The number of carboxylic acid groups (broad SMARTS) is 1. The van der Waals surface area contributed by atoms with Crippen molar-refractivity contribution in [2.24, 2.45) is 5.92 Å². The van der Waals surface area contributed by atoms with E-state index < -0.39 is 5.97 Å². The quantitative estimate of drug-likeness (QED) is 0.872. The number of aliphatic carboxylic acids is 1. The standard InChI is InChI=1S/C8H7BrO2S/c9-7-2-1-6(12-7)4-3-5(4)8(10)11/h1-2,4-5H,3H2,(H,10,11)/t4-,5+/m1/s1. The fourth-order valence-electron chi connectivity index (χ4n) is 1.31. The van der Waals surface area contributed by atoms with Crippen molar-refractivity contribution < 1.29 is 9.90 Å². The summed E-state index contributed by atoms with van der Waals surface area (Å²) in [6, 6.07) is 3.97. The molecule has 1 saturated carbocycles. The first-order valence-corrected chi connectivity index (χ1v) is 5.27. The third-order valence-corrected chi connectivity index (χ3v) is 3.82. The van der Waals surface area contributed by atoms with Crippen LogP contribution in [0.2, 0.25) is 0 Å². The lowest BCUT2D eigenvalue weighted by Gasteiger charge is -1.89. The minimum Gasteiger partial charge on any atom is -0.481 e. The zero-order chi connectivity index (χ0) is 8.72. The Morgan fingerprint density at radius 1 is 1.67 bits per heavy atom. The van der Waals surface area contributed by atoms with Gasteiger partial charge in [0.25, 0.3) is 0 Å². The topological polar surface area (TPSA) is 37.3 Å². The first-order valence-electron chi connectivity index (χ1n) is 3.66. The Labute approximate surface area is 82.3 Å².